The molecule has 1 aromatic carbocycles. The molecule has 0 aliphatic heterocycles. The molecule has 0 saturated carbocycles. The first-order chi connectivity index (χ1) is 14.9. The third kappa shape index (κ3) is 7.77. The molecule has 0 radical (unpaired) electrons. The summed E-state index contributed by atoms with van der Waals surface area (Å²) in [4.78, 5) is 27.4. The highest BCUT2D eigenvalue weighted by molar-refractivity contribution is 6.30. The van der Waals surface area contributed by atoms with E-state index in [9.17, 15) is 22.8 Å². The minimum atomic E-state index is -4.56. The average Bonchev–Trinajstić information content (AvgIpc) is 2.71. The molecule has 2 aromatic rings. The van der Waals surface area contributed by atoms with Crippen molar-refractivity contribution in [2.24, 2.45) is 5.41 Å². The van der Waals surface area contributed by atoms with Crippen LogP contribution in [0.4, 0.5) is 19.0 Å². The molecule has 4 N–H and O–H groups in total. The zero-order chi connectivity index (χ0) is 23.9. The van der Waals surface area contributed by atoms with Crippen molar-refractivity contribution < 1.29 is 27.9 Å². The van der Waals surface area contributed by atoms with Crippen molar-refractivity contribution in [2.75, 3.05) is 11.9 Å². The van der Waals surface area contributed by atoms with E-state index in [0.29, 0.717) is 5.02 Å². The van der Waals surface area contributed by atoms with Gasteiger partial charge >= 0.3 is 12.1 Å². The number of anilines is 1. The van der Waals surface area contributed by atoms with E-state index in [0.717, 1.165) is 30.0 Å². The molecular weight excluding hydrogens is 449 g/mol. The van der Waals surface area contributed by atoms with Crippen molar-refractivity contribution in [3.05, 3.63) is 70.6 Å². The van der Waals surface area contributed by atoms with Crippen LogP contribution in [0.3, 0.4) is 0 Å². The lowest BCUT2D eigenvalue weighted by molar-refractivity contribution is -0.146. The Morgan fingerprint density at radius 1 is 1.12 bits per heavy atom. The van der Waals surface area contributed by atoms with Crippen molar-refractivity contribution >= 4 is 29.3 Å². The van der Waals surface area contributed by atoms with E-state index in [-0.39, 0.29) is 24.7 Å². The van der Waals surface area contributed by atoms with Crippen LogP contribution >= 0.6 is 11.6 Å². The van der Waals surface area contributed by atoms with Crippen LogP contribution in [0.1, 0.15) is 25.0 Å². The molecule has 0 aliphatic rings. The molecule has 0 atom stereocenters. The Kier molecular flexibility index (Phi) is 8.09. The highest BCUT2D eigenvalue weighted by atomic mass is 35.5. The first-order valence-corrected chi connectivity index (χ1v) is 9.76. The maximum absolute atomic E-state index is 13.0. The number of carbonyl (C=O) groups is 2. The normalized spacial score (nSPS) is 12.2. The molecular formula is C21H22ClF3N4O3. The van der Waals surface area contributed by atoms with Gasteiger partial charge in [-0.2, -0.15) is 13.2 Å². The van der Waals surface area contributed by atoms with Gasteiger partial charge in [0.15, 0.2) is 0 Å². The molecule has 0 unspecified atom stereocenters. The molecule has 1 heterocycles. The van der Waals surface area contributed by atoms with Gasteiger partial charge in [0.1, 0.15) is 11.6 Å². The van der Waals surface area contributed by atoms with Crippen LogP contribution in [-0.2, 0) is 22.3 Å². The van der Waals surface area contributed by atoms with Crippen LogP contribution in [0.2, 0.25) is 5.02 Å². The predicted molar refractivity (Wildman–Crippen MR) is 114 cm³/mol. The number of rotatable bonds is 9. The molecule has 1 amide bonds. The van der Waals surface area contributed by atoms with Crippen LogP contribution in [0.25, 0.3) is 0 Å². The fourth-order valence-corrected chi connectivity index (χ4v) is 2.44. The third-order valence-electron chi connectivity index (χ3n) is 4.31. The van der Waals surface area contributed by atoms with Gasteiger partial charge in [0.05, 0.1) is 11.0 Å². The molecule has 2 rings (SSSR count). The molecule has 0 fully saturated rings. The second kappa shape index (κ2) is 10.4. The average molecular weight is 471 g/mol. The maximum atomic E-state index is 13.0. The van der Waals surface area contributed by atoms with Gasteiger partial charge in [0, 0.05) is 30.4 Å². The van der Waals surface area contributed by atoms with Crippen LogP contribution in [-0.4, -0.2) is 28.5 Å². The van der Waals surface area contributed by atoms with Crippen LogP contribution < -0.4 is 16.0 Å². The first kappa shape index (κ1) is 25.0. The monoisotopic (exact) mass is 470 g/mol. The summed E-state index contributed by atoms with van der Waals surface area (Å²) in [6.07, 6.45) is -2.48. The summed E-state index contributed by atoms with van der Waals surface area (Å²) >= 11 is 5.86. The molecule has 0 aliphatic carbocycles. The molecule has 32 heavy (non-hydrogen) atoms. The van der Waals surface area contributed by atoms with Gasteiger partial charge in [0.25, 0.3) is 0 Å². The number of carboxylic acids is 1. The van der Waals surface area contributed by atoms with Crippen molar-refractivity contribution in [2.45, 2.75) is 26.6 Å². The zero-order valence-corrected chi connectivity index (χ0v) is 18.0. The Morgan fingerprint density at radius 2 is 1.78 bits per heavy atom. The number of hydrogen-bond acceptors (Lipinski definition) is 5. The number of carboxylic acid groups (broad SMARTS) is 1. The van der Waals surface area contributed by atoms with E-state index in [2.05, 4.69) is 20.9 Å². The standard InChI is InChI=1S/C21H22ClF3N4O3/c1-20(2,19(31)32)12-28-18(30)10-17(27-11-13-3-5-15(22)6-4-13)29-16-9-14(7-8-26-16)21(23,24)25/h3-10,27H,11-12H2,1-2H3,(H,26,29)(H,28,30)(H,31,32)/b17-10+. The van der Waals surface area contributed by atoms with E-state index >= 15 is 0 Å². The molecule has 7 nitrogen and oxygen atoms in total. The minimum absolute atomic E-state index is 0.0670. The number of hydrogen-bond donors (Lipinski definition) is 4. The Hall–Kier alpha value is -3.27. The lowest BCUT2D eigenvalue weighted by Crippen LogP contribution is -2.38. The van der Waals surface area contributed by atoms with Gasteiger partial charge in [-0.05, 0) is 43.7 Å². The van der Waals surface area contributed by atoms with Gasteiger partial charge in [-0.25, -0.2) is 4.98 Å². The quantitative estimate of drug-likeness (QED) is 0.413. The van der Waals surface area contributed by atoms with Gasteiger partial charge < -0.3 is 21.1 Å². The summed E-state index contributed by atoms with van der Waals surface area (Å²) in [6.45, 7) is 2.97. The number of alkyl halides is 3. The van der Waals surface area contributed by atoms with E-state index in [4.69, 9.17) is 16.7 Å². The Labute approximate surface area is 187 Å². The zero-order valence-electron chi connectivity index (χ0n) is 17.3. The number of aliphatic carboxylic acids is 1. The van der Waals surface area contributed by atoms with Gasteiger partial charge in [-0.15, -0.1) is 0 Å². The van der Waals surface area contributed by atoms with Gasteiger partial charge in [-0.3, -0.25) is 9.59 Å². The topological polar surface area (TPSA) is 103 Å². The molecule has 1 aromatic heterocycles. The predicted octanol–water partition coefficient (Wildman–Crippen LogP) is 4.02. The summed E-state index contributed by atoms with van der Waals surface area (Å²) < 4.78 is 39.0. The summed E-state index contributed by atoms with van der Waals surface area (Å²) in [5.74, 6) is -1.79. The third-order valence-corrected chi connectivity index (χ3v) is 4.56. The number of benzene rings is 1. The smallest absolute Gasteiger partial charge is 0.416 e. The lowest BCUT2D eigenvalue weighted by Gasteiger charge is -2.19. The second-order valence-electron chi connectivity index (χ2n) is 7.50. The summed E-state index contributed by atoms with van der Waals surface area (Å²) in [6, 6.07) is 8.46. The van der Waals surface area contributed by atoms with Crippen LogP contribution in [0.15, 0.2) is 54.5 Å². The highest BCUT2D eigenvalue weighted by Gasteiger charge is 2.31. The maximum Gasteiger partial charge on any atom is 0.416 e. The van der Waals surface area contributed by atoms with Gasteiger partial charge in [0.2, 0.25) is 5.91 Å². The number of halogens is 4. The van der Waals surface area contributed by atoms with Crippen LogP contribution in [0.5, 0.6) is 0 Å². The SMILES string of the molecule is CC(C)(CNC(=O)/C=C(\NCc1ccc(Cl)cc1)Nc1cc(C(F)(F)F)ccn1)C(=O)O. The molecule has 11 heteroatoms. The Morgan fingerprint density at radius 3 is 2.38 bits per heavy atom. The van der Waals surface area contributed by atoms with Crippen molar-refractivity contribution in [1.82, 2.24) is 15.6 Å². The van der Waals surface area contributed by atoms with E-state index in [1.165, 1.54) is 13.8 Å². The summed E-state index contributed by atoms with van der Waals surface area (Å²) in [7, 11) is 0. The Bertz CT molecular complexity index is 993. The largest absolute Gasteiger partial charge is 0.481 e. The van der Waals surface area contributed by atoms with Crippen molar-refractivity contribution in [3.63, 3.8) is 0 Å². The molecule has 172 valence electrons. The number of amides is 1. The van der Waals surface area contributed by atoms with Gasteiger partial charge in [-0.1, -0.05) is 23.7 Å². The fourth-order valence-electron chi connectivity index (χ4n) is 2.31. The highest BCUT2D eigenvalue weighted by Crippen LogP contribution is 2.30. The number of aromatic nitrogens is 1. The second-order valence-corrected chi connectivity index (χ2v) is 7.93. The Balaban J connectivity index is 2.20. The fraction of sp³-hybridized carbons (Fsp3) is 0.286. The number of pyridine rings is 1. The lowest BCUT2D eigenvalue weighted by atomic mass is 9.94. The molecule has 0 saturated heterocycles. The van der Waals surface area contributed by atoms with E-state index in [1.807, 2.05) is 0 Å². The summed E-state index contributed by atoms with van der Waals surface area (Å²) in [5, 5.41) is 17.7. The minimum Gasteiger partial charge on any atom is -0.481 e. The van der Waals surface area contributed by atoms with E-state index in [1.54, 1.807) is 24.3 Å². The number of nitrogens with one attached hydrogen (secondary N) is 3. The van der Waals surface area contributed by atoms with E-state index < -0.39 is 29.0 Å². The number of nitrogens with zero attached hydrogens (tertiary/aromatic N) is 1. The molecule has 0 spiro atoms. The van der Waals surface area contributed by atoms with Crippen molar-refractivity contribution in [1.29, 1.82) is 0 Å². The van der Waals surface area contributed by atoms with Crippen LogP contribution in [0, 0.1) is 5.41 Å². The molecule has 0 bridgehead atoms. The summed E-state index contributed by atoms with van der Waals surface area (Å²) in [5.41, 5.74) is -1.30. The van der Waals surface area contributed by atoms with Crippen molar-refractivity contribution in [3.8, 4) is 0 Å². The first-order valence-electron chi connectivity index (χ1n) is 9.38. The number of carbonyl (C=O) groups excluding carboxylic acids is 1.